The molecular weight excluding hydrogens is 1210 g/mol. The SMILES string of the molecule is C.C.C.CC(C)=CCOc1c(OCc2ccc(Cl)cc2)c(/C=C/C(=O)NO)cc2ccoc12.CC(C)=CCOc1c(OCc2ccc(Cl)cc2)c(/C=C/C(=O)NO)cc2ccoc12.COc1c(OCc2ccc(Cl)cc2)c(/C=C/C(=O)NO)cc2ccoc12.[H-].[Li+]. The molecule has 0 aliphatic rings. The Morgan fingerprint density at radius 2 is 0.722 bits per heavy atom. The van der Waals surface area contributed by atoms with E-state index in [2.05, 4.69) is 0 Å². The van der Waals surface area contributed by atoms with Crippen LogP contribution >= 0.6 is 34.8 Å². The number of methoxy groups -OCH3 is 1. The van der Waals surface area contributed by atoms with E-state index < -0.39 is 17.7 Å². The molecule has 0 fully saturated rings. The monoisotopic (exact) mass is 1280 g/mol. The molecule has 18 nitrogen and oxygen atoms in total. The van der Waals surface area contributed by atoms with Gasteiger partial charge in [0, 0.05) is 66.1 Å². The van der Waals surface area contributed by atoms with Crippen molar-refractivity contribution in [1.29, 1.82) is 0 Å². The first-order valence-corrected chi connectivity index (χ1v) is 27.4. The quantitative estimate of drug-likeness (QED) is 0.0122. The van der Waals surface area contributed by atoms with Crippen LogP contribution in [0.3, 0.4) is 0 Å². The van der Waals surface area contributed by atoms with Gasteiger partial charge >= 0.3 is 18.9 Å². The van der Waals surface area contributed by atoms with Crippen LogP contribution in [0.25, 0.3) is 51.1 Å². The van der Waals surface area contributed by atoms with Crippen LogP contribution in [-0.4, -0.2) is 53.7 Å². The Balaban J connectivity index is 0.000000454. The minimum atomic E-state index is -0.655. The van der Waals surface area contributed by atoms with Crippen LogP contribution in [0.15, 0.2) is 183 Å². The van der Waals surface area contributed by atoms with Crippen LogP contribution in [0, 0.1) is 0 Å². The molecule has 0 spiro atoms. The molecule has 3 heterocycles. The number of hydroxylamine groups is 3. The second kappa shape index (κ2) is 37.9. The van der Waals surface area contributed by atoms with Crippen LogP contribution in [0.1, 0.15) is 84.8 Å². The Kier molecular flexibility index (Phi) is 31.8. The molecule has 90 heavy (non-hydrogen) atoms. The van der Waals surface area contributed by atoms with Gasteiger partial charge in [-0.3, -0.25) is 30.0 Å². The average molecular weight is 1290 g/mol. The molecule has 0 saturated heterocycles. The molecule has 0 bridgehead atoms. The third kappa shape index (κ3) is 21.8. The van der Waals surface area contributed by atoms with Gasteiger partial charge in [0.1, 0.15) is 33.0 Å². The maximum atomic E-state index is 11.5. The van der Waals surface area contributed by atoms with Crippen LogP contribution < -0.4 is 63.7 Å². The van der Waals surface area contributed by atoms with Gasteiger partial charge < -0.3 is 43.1 Å². The van der Waals surface area contributed by atoms with Gasteiger partial charge in [0.2, 0.25) is 17.2 Å². The molecule has 9 aromatic rings. The molecule has 6 N–H and O–H groups in total. The van der Waals surface area contributed by atoms with Gasteiger partial charge in [-0.05, 0) is 148 Å². The molecule has 0 radical (unpaired) electrons. The molecule has 3 aromatic heterocycles. The molecule has 0 unspecified atom stereocenters. The van der Waals surface area contributed by atoms with E-state index in [0.717, 1.165) is 44.0 Å². The zero-order valence-corrected chi connectivity index (χ0v) is 50.4. The van der Waals surface area contributed by atoms with Crippen LogP contribution in [0.2, 0.25) is 15.1 Å². The first-order valence-electron chi connectivity index (χ1n) is 26.2. The summed E-state index contributed by atoms with van der Waals surface area (Å²) in [6.45, 7) is 9.39. The van der Waals surface area contributed by atoms with Crippen molar-refractivity contribution in [2.24, 2.45) is 0 Å². The summed E-state index contributed by atoms with van der Waals surface area (Å²) in [5.74, 6) is 0.613. The number of ether oxygens (including phenoxy) is 6. The van der Waals surface area contributed by atoms with Crippen molar-refractivity contribution in [2.75, 3.05) is 20.3 Å². The Labute approximate surface area is 551 Å². The zero-order chi connectivity index (χ0) is 61.5. The first kappa shape index (κ1) is 75.4. The van der Waals surface area contributed by atoms with Crippen LogP contribution in [0.5, 0.6) is 34.5 Å². The van der Waals surface area contributed by atoms with Gasteiger partial charge in [-0.1, -0.05) is 105 Å². The Morgan fingerprint density at radius 3 is 0.989 bits per heavy atom. The number of carbonyl (C=O) groups excluding carboxylic acids is 3. The van der Waals surface area contributed by atoms with Crippen molar-refractivity contribution in [3.8, 4) is 34.5 Å². The topological polar surface area (TPSA) is 243 Å². The molecule has 22 heteroatoms. The predicted octanol–water partition coefficient (Wildman–Crippen LogP) is 14.3. The predicted molar refractivity (Wildman–Crippen MR) is 351 cm³/mol. The number of allylic oxidation sites excluding steroid dienone is 2. The molecule has 472 valence electrons. The summed E-state index contributed by atoms with van der Waals surface area (Å²) in [7, 11) is 1.51. The van der Waals surface area contributed by atoms with Crippen molar-refractivity contribution in [3.63, 3.8) is 0 Å². The first-order chi connectivity index (χ1) is 41.6. The molecule has 0 aliphatic heterocycles. The Bertz CT molecular complexity index is 3750. The third-order valence-corrected chi connectivity index (χ3v) is 12.9. The molecule has 0 atom stereocenters. The number of nitrogens with one attached hydrogen (secondary N) is 3. The van der Waals surface area contributed by atoms with Crippen LogP contribution in [-0.2, 0) is 34.2 Å². The average Bonchev–Trinajstić information content (AvgIpc) is 1.81. The van der Waals surface area contributed by atoms with Crippen molar-refractivity contribution in [3.05, 3.63) is 218 Å². The smallest absolute Gasteiger partial charge is 1.00 e. The van der Waals surface area contributed by atoms with Crippen LogP contribution in [0.4, 0.5) is 0 Å². The van der Waals surface area contributed by atoms with E-state index in [9.17, 15) is 14.4 Å². The Hall–Kier alpha value is -8.80. The summed E-state index contributed by atoms with van der Waals surface area (Å²) in [6, 6.07) is 32.7. The number of hydrogen-bond donors (Lipinski definition) is 6. The largest absolute Gasteiger partial charge is 1.00 e. The number of amides is 3. The third-order valence-electron chi connectivity index (χ3n) is 12.1. The standard InChI is InChI=1S/2C23H22ClNO5.C19H16ClNO5.3CH4.Li.H/c2*1-15(2)9-11-29-23-21-18(10-12-28-21)13-17(5-8-20(26)25-27)22(23)30-14-16-3-6-19(24)7-4-16;1-24-19-17-14(8-9-25-17)10-13(4-7-16(22)21-23)18(19)26-11-12-2-5-15(20)6-3-12;;;;;/h2*3-10,12-13,27H,11,14H2,1-2H3,(H,25,26);2-10,23H,11H2,1H3,(H,21,22);3*1H4;;/q;;;;;;+1;-1/b2*8-5+;7-4+;;;;;. The molecular formula is C68H73Cl3LiN3O15. The van der Waals surface area contributed by atoms with Gasteiger partial charge in [-0.15, -0.1) is 0 Å². The van der Waals surface area contributed by atoms with Crippen molar-refractivity contribution >= 4 is 104 Å². The van der Waals surface area contributed by atoms with E-state index >= 15 is 0 Å². The number of benzene rings is 6. The van der Waals surface area contributed by atoms with Crippen molar-refractivity contribution in [2.45, 2.75) is 69.8 Å². The second-order valence-electron chi connectivity index (χ2n) is 19.0. The fourth-order valence-electron chi connectivity index (χ4n) is 7.92. The van der Waals surface area contributed by atoms with Crippen molar-refractivity contribution in [1.82, 2.24) is 16.4 Å². The van der Waals surface area contributed by atoms with E-state index in [1.165, 1.54) is 31.4 Å². The van der Waals surface area contributed by atoms with E-state index in [1.807, 2.05) is 88.4 Å². The summed E-state index contributed by atoms with van der Waals surface area (Å²) in [4.78, 5) is 34.3. The van der Waals surface area contributed by atoms with Gasteiger partial charge in [-0.25, -0.2) is 16.4 Å². The second-order valence-corrected chi connectivity index (χ2v) is 20.3. The molecule has 0 aliphatic carbocycles. The van der Waals surface area contributed by atoms with Gasteiger partial charge in [0.25, 0.3) is 17.7 Å². The van der Waals surface area contributed by atoms with Gasteiger partial charge in [0.15, 0.2) is 34.0 Å². The maximum absolute atomic E-state index is 11.5. The van der Waals surface area contributed by atoms with E-state index in [-0.39, 0.29) is 62.4 Å². The van der Waals surface area contributed by atoms with Gasteiger partial charge in [0.05, 0.1) is 25.9 Å². The van der Waals surface area contributed by atoms with E-state index in [1.54, 1.807) is 108 Å². The molecule has 3 amide bonds. The van der Waals surface area contributed by atoms with Gasteiger partial charge in [-0.2, -0.15) is 0 Å². The number of hydrogen-bond acceptors (Lipinski definition) is 15. The fraction of sp³-hybridized carbons (Fsp3) is 0.191. The number of furan rings is 3. The Morgan fingerprint density at radius 1 is 0.444 bits per heavy atom. The number of halogens is 3. The maximum Gasteiger partial charge on any atom is 1.00 e. The summed E-state index contributed by atoms with van der Waals surface area (Å²) < 4.78 is 52.4. The normalized spacial score (nSPS) is 10.5. The minimum absolute atomic E-state index is 0. The molecule has 9 rings (SSSR count). The van der Waals surface area contributed by atoms with E-state index in [4.69, 9.17) is 92.1 Å². The summed E-state index contributed by atoms with van der Waals surface area (Å²) in [5.41, 5.74) is 13.1. The number of carbonyl (C=O) groups is 3. The zero-order valence-electron chi connectivity index (χ0n) is 49.2. The van der Waals surface area contributed by atoms with E-state index in [0.29, 0.717) is 96.2 Å². The summed E-state index contributed by atoms with van der Waals surface area (Å²) >= 11 is 17.8. The fourth-order valence-corrected chi connectivity index (χ4v) is 8.30. The van der Waals surface area contributed by atoms with Crippen molar-refractivity contribution < 1.29 is 92.0 Å². The summed E-state index contributed by atoms with van der Waals surface area (Å²) in [5, 5.41) is 30.5. The minimum Gasteiger partial charge on any atom is -1.00 e. The molecule has 0 saturated carbocycles. The summed E-state index contributed by atoms with van der Waals surface area (Å²) in [6.07, 6.45) is 16.8. The number of fused-ring (bicyclic) bond motifs is 3. The molecule has 6 aromatic carbocycles. The number of rotatable bonds is 22.